The molecule has 3 rings (SSSR count). The second kappa shape index (κ2) is 11.6. The van der Waals surface area contributed by atoms with Crippen LogP contribution in [0.4, 0.5) is 0 Å². The third kappa shape index (κ3) is 6.33. The minimum Gasteiger partial charge on any atom is -0.493 e. The smallest absolute Gasteiger partial charge is 0.310 e. The third-order valence-corrected chi connectivity index (χ3v) is 5.53. The van der Waals surface area contributed by atoms with Crippen LogP contribution in [0.2, 0.25) is 0 Å². The van der Waals surface area contributed by atoms with Gasteiger partial charge < -0.3 is 24.1 Å². The summed E-state index contributed by atoms with van der Waals surface area (Å²) in [4.78, 5) is 41.6. The number of benzene rings is 1. The summed E-state index contributed by atoms with van der Waals surface area (Å²) >= 11 is 0. The van der Waals surface area contributed by atoms with E-state index in [2.05, 4.69) is 15.2 Å². The highest BCUT2D eigenvalue weighted by atomic mass is 16.5. The molecule has 0 radical (unpaired) electrons. The first-order valence-corrected chi connectivity index (χ1v) is 11.6. The number of aryl methyl sites for hydroxylation is 1. The Kier molecular flexibility index (Phi) is 8.61. The molecule has 184 valence electrons. The zero-order chi connectivity index (χ0) is 24.7. The molecule has 0 saturated carbocycles. The van der Waals surface area contributed by atoms with Gasteiger partial charge in [0.1, 0.15) is 5.69 Å². The number of nitrogens with zero attached hydrogens (tertiary/aromatic N) is 3. The number of likely N-dealkylation sites (tertiary alicyclic amines) is 1. The third-order valence-electron chi connectivity index (χ3n) is 5.53. The van der Waals surface area contributed by atoms with Crippen LogP contribution in [0, 0.1) is 5.92 Å². The van der Waals surface area contributed by atoms with Crippen LogP contribution in [0.25, 0.3) is 11.4 Å². The van der Waals surface area contributed by atoms with Gasteiger partial charge in [0.2, 0.25) is 5.91 Å². The molecule has 1 aliphatic rings. The summed E-state index contributed by atoms with van der Waals surface area (Å²) in [5.41, 5.74) is 0.406. The van der Waals surface area contributed by atoms with Gasteiger partial charge in [0.15, 0.2) is 17.3 Å². The molecule has 10 heteroatoms. The number of carbonyl (C=O) groups excluding carboxylic acids is 2. The molecule has 0 spiro atoms. The summed E-state index contributed by atoms with van der Waals surface area (Å²) < 4.78 is 16.2. The minimum absolute atomic E-state index is 0.0117. The predicted molar refractivity (Wildman–Crippen MR) is 125 cm³/mol. The van der Waals surface area contributed by atoms with Crippen molar-refractivity contribution in [1.29, 1.82) is 0 Å². The molecule has 1 aromatic carbocycles. The molecule has 2 aromatic rings. The van der Waals surface area contributed by atoms with Gasteiger partial charge >= 0.3 is 5.97 Å². The standard InChI is InChI=1S/C24H32N4O6/c1-5-33-24(31)17-7-6-12-28(14-17)21(29)11-9-18-23(30)25-22(27-26-18)16-8-10-19(34-15(2)3)20(13-16)32-4/h8,10,13,15,17H,5-7,9,11-12,14H2,1-4H3,(H,25,27,30). The number of carbonyl (C=O) groups is 2. The number of methoxy groups -OCH3 is 1. The van der Waals surface area contributed by atoms with Gasteiger partial charge in [-0.2, -0.15) is 0 Å². The summed E-state index contributed by atoms with van der Waals surface area (Å²) in [6.45, 7) is 6.86. The average molecular weight is 473 g/mol. The lowest BCUT2D eigenvalue weighted by Crippen LogP contribution is -2.43. The van der Waals surface area contributed by atoms with Gasteiger partial charge in [0.25, 0.3) is 5.56 Å². The van der Waals surface area contributed by atoms with Crippen LogP contribution in [0.15, 0.2) is 23.0 Å². The number of aromatic nitrogens is 3. The fraction of sp³-hybridized carbons (Fsp3) is 0.542. The van der Waals surface area contributed by atoms with Crippen molar-refractivity contribution in [1.82, 2.24) is 20.1 Å². The molecular weight excluding hydrogens is 440 g/mol. The number of H-pyrrole nitrogens is 1. The van der Waals surface area contributed by atoms with Crippen molar-refractivity contribution >= 4 is 11.9 Å². The van der Waals surface area contributed by atoms with E-state index in [-0.39, 0.29) is 42.4 Å². The summed E-state index contributed by atoms with van der Waals surface area (Å²) in [7, 11) is 1.54. The van der Waals surface area contributed by atoms with E-state index in [0.717, 1.165) is 6.42 Å². The Labute approximate surface area is 198 Å². The Morgan fingerprint density at radius 2 is 2.03 bits per heavy atom. The van der Waals surface area contributed by atoms with Crippen LogP contribution in [0.5, 0.6) is 11.5 Å². The number of ether oxygens (including phenoxy) is 3. The molecule has 34 heavy (non-hydrogen) atoms. The maximum Gasteiger partial charge on any atom is 0.310 e. The number of piperidine rings is 1. The molecule has 1 saturated heterocycles. The molecule has 1 unspecified atom stereocenters. The largest absolute Gasteiger partial charge is 0.493 e. The molecule has 1 atom stereocenters. The number of nitrogens with one attached hydrogen (secondary N) is 1. The van der Waals surface area contributed by atoms with Crippen molar-refractivity contribution in [2.45, 2.75) is 52.6 Å². The van der Waals surface area contributed by atoms with Gasteiger partial charge in [-0.15, -0.1) is 10.2 Å². The van der Waals surface area contributed by atoms with E-state index in [1.165, 1.54) is 7.11 Å². The fourth-order valence-corrected chi connectivity index (χ4v) is 3.86. The summed E-state index contributed by atoms with van der Waals surface area (Å²) in [6, 6.07) is 5.24. The van der Waals surface area contributed by atoms with Crippen LogP contribution >= 0.6 is 0 Å². The number of aromatic amines is 1. The maximum absolute atomic E-state index is 12.7. The van der Waals surface area contributed by atoms with Crippen LogP contribution < -0.4 is 15.0 Å². The van der Waals surface area contributed by atoms with E-state index in [1.807, 2.05) is 13.8 Å². The molecule has 1 fully saturated rings. The lowest BCUT2D eigenvalue weighted by atomic mass is 9.98. The first-order valence-electron chi connectivity index (χ1n) is 11.6. The normalized spacial score (nSPS) is 15.8. The van der Waals surface area contributed by atoms with E-state index in [0.29, 0.717) is 49.0 Å². The molecule has 0 aliphatic carbocycles. The zero-order valence-corrected chi connectivity index (χ0v) is 20.1. The van der Waals surface area contributed by atoms with Crippen molar-refractivity contribution < 1.29 is 23.8 Å². The lowest BCUT2D eigenvalue weighted by Gasteiger charge is -2.31. The van der Waals surface area contributed by atoms with Crippen molar-refractivity contribution in [3.05, 3.63) is 34.2 Å². The van der Waals surface area contributed by atoms with Crippen molar-refractivity contribution in [2.24, 2.45) is 5.92 Å². The second-order valence-electron chi connectivity index (χ2n) is 8.41. The fourth-order valence-electron chi connectivity index (χ4n) is 3.86. The maximum atomic E-state index is 12.7. The van der Waals surface area contributed by atoms with Gasteiger partial charge in [0.05, 0.1) is 25.7 Å². The number of hydrogen-bond donors (Lipinski definition) is 1. The summed E-state index contributed by atoms with van der Waals surface area (Å²) in [6.07, 6.45) is 1.72. The second-order valence-corrected chi connectivity index (χ2v) is 8.41. The number of amides is 1. The van der Waals surface area contributed by atoms with Crippen molar-refractivity contribution in [3.63, 3.8) is 0 Å². The first-order chi connectivity index (χ1) is 16.3. The van der Waals surface area contributed by atoms with Crippen LogP contribution in [-0.2, 0) is 20.7 Å². The minimum atomic E-state index is -0.401. The summed E-state index contributed by atoms with van der Waals surface area (Å²) in [5.74, 6) is 0.723. The Balaban J connectivity index is 1.64. The highest BCUT2D eigenvalue weighted by molar-refractivity contribution is 5.78. The Hall–Kier alpha value is -3.43. The van der Waals surface area contributed by atoms with E-state index < -0.39 is 5.56 Å². The predicted octanol–water partition coefficient (Wildman–Crippen LogP) is 2.36. The van der Waals surface area contributed by atoms with Gasteiger partial charge in [-0.05, 0) is 51.8 Å². The molecule has 1 N–H and O–H groups in total. The lowest BCUT2D eigenvalue weighted by molar-refractivity contribution is -0.151. The molecular formula is C24H32N4O6. The van der Waals surface area contributed by atoms with Crippen molar-refractivity contribution in [3.8, 4) is 22.9 Å². The molecule has 0 bridgehead atoms. The zero-order valence-electron chi connectivity index (χ0n) is 20.1. The van der Waals surface area contributed by atoms with Gasteiger partial charge in [0, 0.05) is 31.5 Å². The SMILES string of the molecule is CCOC(=O)C1CCCN(C(=O)CCc2nnc(-c3ccc(OC(C)C)c(OC)c3)[nH]c2=O)C1. The topological polar surface area (TPSA) is 124 Å². The molecule has 1 aromatic heterocycles. The van der Waals surface area contributed by atoms with Crippen LogP contribution in [-0.4, -0.2) is 64.9 Å². The monoisotopic (exact) mass is 472 g/mol. The number of rotatable bonds is 9. The Morgan fingerprint density at radius 1 is 1.24 bits per heavy atom. The van der Waals surface area contributed by atoms with E-state index in [4.69, 9.17) is 14.2 Å². The molecule has 2 heterocycles. The highest BCUT2D eigenvalue weighted by Crippen LogP contribution is 2.31. The highest BCUT2D eigenvalue weighted by Gasteiger charge is 2.29. The number of esters is 1. The van der Waals surface area contributed by atoms with Gasteiger partial charge in [-0.25, -0.2) is 0 Å². The van der Waals surface area contributed by atoms with Gasteiger partial charge in [-0.1, -0.05) is 0 Å². The first kappa shape index (κ1) is 25.2. The van der Waals surface area contributed by atoms with E-state index >= 15 is 0 Å². The van der Waals surface area contributed by atoms with Crippen molar-refractivity contribution in [2.75, 3.05) is 26.8 Å². The molecule has 10 nitrogen and oxygen atoms in total. The van der Waals surface area contributed by atoms with Crippen LogP contribution in [0.3, 0.4) is 0 Å². The summed E-state index contributed by atoms with van der Waals surface area (Å²) in [5, 5.41) is 8.19. The van der Waals surface area contributed by atoms with E-state index in [1.54, 1.807) is 30.0 Å². The Morgan fingerprint density at radius 3 is 2.71 bits per heavy atom. The quantitative estimate of drug-likeness (QED) is 0.552. The van der Waals surface area contributed by atoms with Gasteiger partial charge in [-0.3, -0.25) is 14.4 Å². The van der Waals surface area contributed by atoms with Crippen LogP contribution in [0.1, 0.15) is 45.7 Å². The average Bonchev–Trinajstić information content (AvgIpc) is 2.83. The molecule has 1 amide bonds. The Bertz CT molecular complexity index is 1070. The van der Waals surface area contributed by atoms with E-state index in [9.17, 15) is 14.4 Å². The number of hydrogen-bond acceptors (Lipinski definition) is 8. The molecule has 1 aliphatic heterocycles.